The molecule has 0 radical (unpaired) electrons. The number of anilines is 1. The zero-order chi connectivity index (χ0) is 19.6. The van der Waals surface area contributed by atoms with Crippen molar-refractivity contribution in [2.24, 2.45) is 0 Å². The SMILES string of the molecule is Cc1cc2c(=O)c3c[nH]c4ncc(-c5cccc(NS(C)(=O)=O)c5)c(c43)n2n1. The molecule has 4 heterocycles. The number of nitrogens with zero attached hydrogens (tertiary/aromatic N) is 3. The molecule has 1 aromatic carbocycles. The predicted molar refractivity (Wildman–Crippen MR) is 108 cm³/mol. The molecule has 0 spiro atoms. The minimum atomic E-state index is -3.40. The van der Waals surface area contributed by atoms with E-state index in [0.29, 0.717) is 27.6 Å². The Kier molecular flexibility index (Phi) is 3.29. The lowest BCUT2D eigenvalue weighted by Gasteiger charge is -2.10. The molecule has 4 aromatic heterocycles. The van der Waals surface area contributed by atoms with Crippen LogP contribution in [0.15, 0.2) is 47.5 Å². The summed E-state index contributed by atoms with van der Waals surface area (Å²) in [5, 5.41) is 5.78. The number of nitrogens with one attached hydrogen (secondary N) is 2. The van der Waals surface area contributed by atoms with Crippen LogP contribution >= 0.6 is 0 Å². The van der Waals surface area contributed by atoms with Crippen molar-refractivity contribution in [3.05, 3.63) is 58.6 Å². The first-order chi connectivity index (χ1) is 13.3. The van der Waals surface area contributed by atoms with Gasteiger partial charge in [-0.3, -0.25) is 9.52 Å². The van der Waals surface area contributed by atoms with Crippen LogP contribution in [0.5, 0.6) is 0 Å². The highest BCUT2D eigenvalue weighted by molar-refractivity contribution is 7.92. The maximum atomic E-state index is 12.8. The summed E-state index contributed by atoms with van der Waals surface area (Å²) in [5.74, 6) is 0. The Bertz CT molecular complexity index is 1550. The Balaban J connectivity index is 1.89. The third-order valence-corrected chi connectivity index (χ3v) is 5.28. The quantitative estimate of drug-likeness (QED) is 0.489. The second kappa shape index (κ2) is 5.52. The van der Waals surface area contributed by atoms with E-state index in [4.69, 9.17) is 0 Å². The molecule has 0 aliphatic carbocycles. The van der Waals surface area contributed by atoms with Crippen molar-refractivity contribution in [3.63, 3.8) is 0 Å². The number of hydrogen-bond acceptors (Lipinski definition) is 5. The maximum absolute atomic E-state index is 12.8. The van der Waals surface area contributed by atoms with E-state index < -0.39 is 10.0 Å². The summed E-state index contributed by atoms with van der Waals surface area (Å²) >= 11 is 0. The molecule has 0 aliphatic rings. The van der Waals surface area contributed by atoms with Gasteiger partial charge in [0.1, 0.15) is 11.2 Å². The van der Waals surface area contributed by atoms with Crippen LogP contribution in [0.3, 0.4) is 0 Å². The fraction of sp³-hybridized carbons (Fsp3) is 0.105. The fourth-order valence-corrected chi connectivity index (χ4v) is 4.18. The summed E-state index contributed by atoms with van der Waals surface area (Å²) in [6, 6.07) is 8.80. The van der Waals surface area contributed by atoms with Crippen molar-refractivity contribution in [3.8, 4) is 11.1 Å². The largest absolute Gasteiger partial charge is 0.345 e. The van der Waals surface area contributed by atoms with Crippen molar-refractivity contribution in [2.75, 3.05) is 11.0 Å². The van der Waals surface area contributed by atoms with Gasteiger partial charge in [-0.05, 0) is 30.7 Å². The number of H-pyrrole nitrogens is 1. The molecule has 5 rings (SSSR count). The third-order valence-electron chi connectivity index (χ3n) is 4.67. The van der Waals surface area contributed by atoms with Gasteiger partial charge in [0.2, 0.25) is 15.5 Å². The van der Waals surface area contributed by atoms with Gasteiger partial charge in [-0.25, -0.2) is 17.9 Å². The van der Waals surface area contributed by atoms with E-state index in [9.17, 15) is 13.2 Å². The number of fused-ring (bicyclic) bond motifs is 2. The highest BCUT2D eigenvalue weighted by atomic mass is 32.2. The molecule has 0 unspecified atom stereocenters. The monoisotopic (exact) mass is 393 g/mol. The van der Waals surface area contributed by atoms with E-state index >= 15 is 0 Å². The Morgan fingerprint density at radius 3 is 2.82 bits per heavy atom. The zero-order valence-electron chi connectivity index (χ0n) is 15.0. The van der Waals surface area contributed by atoms with E-state index in [0.717, 1.165) is 28.6 Å². The molecular formula is C19H15N5O3S. The summed E-state index contributed by atoms with van der Waals surface area (Å²) in [7, 11) is -3.40. The van der Waals surface area contributed by atoms with Crippen LogP contribution in [0.25, 0.3) is 38.6 Å². The molecule has 28 heavy (non-hydrogen) atoms. The molecule has 2 N–H and O–H groups in total. The molecule has 9 heteroatoms. The summed E-state index contributed by atoms with van der Waals surface area (Å²) in [6.07, 6.45) is 4.47. The number of aryl methyl sites for hydroxylation is 1. The standard InChI is InChI=1S/C19H15N5O3S/c1-10-6-15-18(25)14-9-21-19-16(14)17(24(15)22-10)13(8-20-19)11-4-3-5-12(7-11)23-28(2,26)27/h3-9,23H,1-2H3,(H,20,21). The predicted octanol–water partition coefficient (Wildman–Crippen LogP) is 2.51. The van der Waals surface area contributed by atoms with Crippen LogP contribution in [-0.4, -0.2) is 34.3 Å². The van der Waals surface area contributed by atoms with Gasteiger partial charge in [-0.15, -0.1) is 0 Å². The molecule has 0 amide bonds. The normalized spacial score (nSPS) is 12.4. The Hall–Kier alpha value is -3.46. The van der Waals surface area contributed by atoms with Gasteiger partial charge in [-0.1, -0.05) is 12.1 Å². The van der Waals surface area contributed by atoms with E-state index in [2.05, 4.69) is 19.8 Å². The second-order valence-corrected chi connectivity index (χ2v) is 8.56. The first-order valence-electron chi connectivity index (χ1n) is 8.52. The van der Waals surface area contributed by atoms with Crippen LogP contribution in [0.1, 0.15) is 5.69 Å². The van der Waals surface area contributed by atoms with E-state index in [1.54, 1.807) is 41.2 Å². The molecule has 0 saturated carbocycles. The molecule has 140 valence electrons. The van der Waals surface area contributed by atoms with Crippen LogP contribution in [0, 0.1) is 6.92 Å². The number of hydrogen-bond donors (Lipinski definition) is 2. The number of pyridine rings is 2. The minimum absolute atomic E-state index is 0.106. The van der Waals surface area contributed by atoms with E-state index in [-0.39, 0.29) is 5.43 Å². The van der Waals surface area contributed by atoms with Gasteiger partial charge < -0.3 is 4.98 Å². The zero-order valence-corrected chi connectivity index (χ0v) is 15.8. The van der Waals surface area contributed by atoms with E-state index in [1.807, 2.05) is 13.0 Å². The third kappa shape index (κ3) is 2.43. The fourth-order valence-electron chi connectivity index (χ4n) is 3.62. The van der Waals surface area contributed by atoms with Crippen molar-refractivity contribution in [2.45, 2.75) is 6.92 Å². The van der Waals surface area contributed by atoms with Crippen LogP contribution in [-0.2, 0) is 10.0 Å². The lowest BCUT2D eigenvalue weighted by Crippen LogP contribution is -2.09. The molecule has 0 fully saturated rings. The lowest BCUT2D eigenvalue weighted by atomic mass is 10.0. The maximum Gasteiger partial charge on any atom is 0.229 e. The number of sulfonamides is 1. The van der Waals surface area contributed by atoms with Crippen LogP contribution in [0.2, 0.25) is 0 Å². The van der Waals surface area contributed by atoms with Gasteiger partial charge in [0.25, 0.3) is 0 Å². The van der Waals surface area contributed by atoms with Crippen molar-refractivity contribution in [1.29, 1.82) is 0 Å². The van der Waals surface area contributed by atoms with Crippen molar-refractivity contribution >= 4 is 43.2 Å². The highest BCUT2D eigenvalue weighted by Gasteiger charge is 2.19. The van der Waals surface area contributed by atoms with E-state index in [1.165, 1.54) is 0 Å². The van der Waals surface area contributed by atoms with Crippen molar-refractivity contribution < 1.29 is 8.42 Å². The van der Waals surface area contributed by atoms with Gasteiger partial charge in [-0.2, -0.15) is 5.10 Å². The molecule has 0 bridgehead atoms. The molecule has 0 aliphatic heterocycles. The Morgan fingerprint density at radius 1 is 1.21 bits per heavy atom. The second-order valence-electron chi connectivity index (χ2n) is 6.81. The number of aromatic amines is 1. The summed E-state index contributed by atoms with van der Waals surface area (Å²) < 4.78 is 27.3. The highest BCUT2D eigenvalue weighted by Crippen LogP contribution is 2.33. The molecular weight excluding hydrogens is 378 g/mol. The summed E-state index contributed by atoms with van der Waals surface area (Å²) in [4.78, 5) is 20.3. The Labute approximate surface area is 159 Å². The van der Waals surface area contributed by atoms with Gasteiger partial charge in [0.15, 0.2) is 0 Å². The average Bonchev–Trinajstić information content (AvgIpc) is 3.22. The smallest absolute Gasteiger partial charge is 0.229 e. The first kappa shape index (κ1) is 16.7. The van der Waals surface area contributed by atoms with Gasteiger partial charge in [0, 0.05) is 23.6 Å². The number of aromatic nitrogens is 4. The van der Waals surface area contributed by atoms with Crippen molar-refractivity contribution in [1.82, 2.24) is 19.6 Å². The van der Waals surface area contributed by atoms with Gasteiger partial charge >= 0.3 is 0 Å². The van der Waals surface area contributed by atoms with Gasteiger partial charge in [0.05, 0.1) is 28.2 Å². The van der Waals surface area contributed by atoms with Crippen LogP contribution < -0.4 is 10.2 Å². The molecule has 5 aromatic rings. The lowest BCUT2D eigenvalue weighted by molar-refractivity contribution is 0.607. The molecule has 0 saturated heterocycles. The minimum Gasteiger partial charge on any atom is -0.345 e. The number of benzene rings is 1. The summed E-state index contributed by atoms with van der Waals surface area (Å²) in [5.41, 5.74) is 4.44. The Morgan fingerprint density at radius 2 is 2.04 bits per heavy atom. The molecule has 0 atom stereocenters. The topological polar surface area (TPSA) is 109 Å². The van der Waals surface area contributed by atoms with Crippen LogP contribution in [0.4, 0.5) is 5.69 Å². The first-order valence-corrected chi connectivity index (χ1v) is 10.4. The number of rotatable bonds is 3. The molecule has 8 nitrogen and oxygen atoms in total. The summed E-state index contributed by atoms with van der Waals surface area (Å²) in [6.45, 7) is 1.84. The average molecular weight is 393 g/mol.